The maximum Gasteiger partial charge on any atom is 0.305 e. The summed E-state index contributed by atoms with van der Waals surface area (Å²) in [6, 6.07) is 0. The molecule has 0 saturated carbocycles. The summed E-state index contributed by atoms with van der Waals surface area (Å²) in [5, 5.41) is 10.0. The van der Waals surface area contributed by atoms with Crippen molar-refractivity contribution in [2.75, 3.05) is 26.4 Å². The summed E-state index contributed by atoms with van der Waals surface area (Å²) in [4.78, 5) is 24.5. The molecule has 0 aromatic rings. The second kappa shape index (κ2) is 29.3. The maximum absolute atomic E-state index is 12.3. The zero-order valence-electron chi connectivity index (χ0n) is 25.8. The van der Waals surface area contributed by atoms with Gasteiger partial charge in [0.1, 0.15) is 13.2 Å². The second-order valence-corrected chi connectivity index (χ2v) is 11.5. The van der Waals surface area contributed by atoms with E-state index in [0.717, 1.165) is 51.4 Å². The van der Waals surface area contributed by atoms with Gasteiger partial charge < -0.3 is 19.1 Å². The predicted octanol–water partition coefficient (Wildman–Crippen LogP) is 8.81. The van der Waals surface area contributed by atoms with Crippen molar-refractivity contribution in [3.63, 3.8) is 0 Å². The Kier molecular flexibility index (Phi) is 28.4. The number of ether oxygens (including phenoxy) is 2. The molecule has 1 N–H and O–H groups in total. The second-order valence-electron chi connectivity index (χ2n) is 11.1. The zero-order valence-corrected chi connectivity index (χ0v) is 27.0. The molecule has 0 bridgehead atoms. The Bertz CT molecular complexity index is 601. The van der Waals surface area contributed by atoms with E-state index in [1.165, 1.54) is 64.2 Å². The maximum atomic E-state index is 12.3. The number of hydrogen-bond donors (Lipinski definition) is 1. The first-order valence-electron chi connectivity index (χ1n) is 16.1. The first kappa shape index (κ1) is 38.8. The number of rotatable bonds is 29. The van der Waals surface area contributed by atoms with E-state index in [-0.39, 0.29) is 38.4 Å². The molecule has 0 heterocycles. The molecule has 0 aliphatic carbocycles. The molecule has 0 aromatic carbocycles. The van der Waals surface area contributed by atoms with Gasteiger partial charge in [0, 0.05) is 22.3 Å². The van der Waals surface area contributed by atoms with E-state index in [0.29, 0.717) is 12.8 Å². The molecule has 7 heteroatoms. The van der Waals surface area contributed by atoms with Crippen LogP contribution < -0.4 is 0 Å². The molecule has 0 aromatic heterocycles. The summed E-state index contributed by atoms with van der Waals surface area (Å²) in [5.74, 6) is -0.577. The van der Waals surface area contributed by atoms with E-state index in [9.17, 15) is 14.7 Å². The quantitative estimate of drug-likeness (QED) is 0.0409. The van der Waals surface area contributed by atoms with Crippen molar-refractivity contribution in [3.05, 3.63) is 24.3 Å². The highest BCUT2D eigenvalue weighted by Crippen LogP contribution is 2.21. The number of allylic oxidation sites excluding steroid dienone is 4. The average molecular weight is 585 g/mol. The van der Waals surface area contributed by atoms with Gasteiger partial charge in [0.2, 0.25) is 0 Å². The number of carbonyl (C=O) groups is 2. The lowest BCUT2D eigenvalue weighted by Gasteiger charge is -2.29. The van der Waals surface area contributed by atoms with Gasteiger partial charge in [-0.25, -0.2) is 0 Å². The molecule has 0 rings (SSSR count). The van der Waals surface area contributed by atoms with Crippen molar-refractivity contribution in [1.82, 2.24) is 0 Å². The highest BCUT2D eigenvalue weighted by molar-refractivity contribution is 7.09. The molecular weight excluding hydrogens is 523 g/mol. The molecule has 0 spiro atoms. The molecule has 40 heavy (non-hydrogen) atoms. The van der Waals surface area contributed by atoms with Crippen LogP contribution in [0.1, 0.15) is 142 Å². The van der Waals surface area contributed by atoms with Crippen LogP contribution in [0.2, 0.25) is 0 Å². The van der Waals surface area contributed by atoms with Crippen LogP contribution in [0, 0.1) is 5.41 Å². The predicted molar refractivity (Wildman–Crippen MR) is 169 cm³/mol. The van der Waals surface area contributed by atoms with Gasteiger partial charge in [0.25, 0.3) is 0 Å². The van der Waals surface area contributed by atoms with E-state index in [1.54, 1.807) is 0 Å². The molecule has 1 unspecified atom stereocenters. The van der Waals surface area contributed by atoms with Gasteiger partial charge >= 0.3 is 11.9 Å². The molecular formula is C33H61O6P. The Morgan fingerprint density at radius 1 is 0.600 bits per heavy atom. The Morgan fingerprint density at radius 3 is 1.35 bits per heavy atom. The first-order valence-corrected chi connectivity index (χ1v) is 16.5. The summed E-state index contributed by atoms with van der Waals surface area (Å²) >= 11 is 0. The summed E-state index contributed by atoms with van der Waals surface area (Å²) in [7, 11) is 2.15. The van der Waals surface area contributed by atoms with Crippen LogP contribution in [0.25, 0.3) is 0 Å². The third-order valence-corrected chi connectivity index (χ3v) is 7.26. The highest BCUT2D eigenvalue weighted by atomic mass is 31.0. The van der Waals surface area contributed by atoms with Crippen LogP contribution in [0.4, 0.5) is 0 Å². The van der Waals surface area contributed by atoms with Crippen LogP contribution in [0.5, 0.6) is 0 Å². The van der Waals surface area contributed by atoms with Gasteiger partial charge in [-0.2, -0.15) is 0 Å². The van der Waals surface area contributed by atoms with Crippen LogP contribution in [-0.2, 0) is 23.6 Å². The van der Waals surface area contributed by atoms with E-state index >= 15 is 0 Å². The monoisotopic (exact) mass is 584 g/mol. The zero-order chi connectivity index (χ0) is 29.6. The van der Waals surface area contributed by atoms with Gasteiger partial charge in [0.05, 0.1) is 18.6 Å². The van der Waals surface area contributed by atoms with E-state index in [1.807, 2.05) is 0 Å². The standard InChI is InChI=1S/C33H61O6P/c1-3-5-7-9-11-13-15-17-19-21-23-25-31(35)37-28-33(27-34,30-39-40)29-38-32(36)26-24-22-20-18-16-14-12-10-8-6-4-2/h9-12,34H,3-8,13-30,40H2,1-2H3/b11-9-,12-10-. The topological polar surface area (TPSA) is 82.1 Å². The fourth-order valence-corrected chi connectivity index (χ4v) is 4.64. The van der Waals surface area contributed by atoms with Gasteiger partial charge in [0.15, 0.2) is 0 Å². The van der Waals surface area contributed by atoms with Crippen molar-refractivity contribution >= 4 is 21.4 Å². The number of esters is 2. The molecule has 0 radical (unpaired) electrons. The summed E-state index contributed by atoms with van der Waals surface area (Å²) in [5.41, 5.74) is -0.956. The molecule has 0 amide bonds. The van der Waals surface area contributed by atoms with Crippen molar-refractivity contribution in [2.24, 2.45) is 5.41 Å². The van der Waals surface area contributed by atoms with Gasteiger partial charge in [-0.1, -0.05) is 102 Å². The largest absolute Gasteiger partial charge is 0.465 e. The van der Waals surface area contributed by atoms with Crippen LogP contribution in [0.3, 0.4) is 0 Å². The fraction of sp³-hybridized carbons (Fsp3) is 0.818. The minimum atomic E-state index is -0.956. The number of unbranched alkanes of at least 4 members (excludes halogenated alkanes) is 14. The minimum Gasteiger partial charge on any atom is -0.465 e. The lowest BCUT2D eigenvalue weighted by Crippen LogP contribution is -2.41. The van der Waals surface area contributed by atoms with E-state index in [4.69, 9.17) is 14.0 Å². The number of carbonyl (C=O) groups excluding carboxylic acids is 2. The molecule has 234 valence electrons. The number of hydrogen-bond acceptors (Lipinski definition) is 6. The molecule has 0 saturated heterocycles. The average Bonchev–Trinajstić information content (AvgIpc) is 2.96. The first-order chi connectivity index (χ1) is 19.5. The molecule has 0 aliphatic rings. The van der Waals surface area contributed by atoms with Crippen LogP contribution >= 0.6 is 9.47 Å². The fourth-order valence-electron chi connectivity index (χ4n) is 4.29. The third kappa shape index (κ3) is 24.6. The summed E-state index contributed by atoms with van der Waals surface area (Å²) in [6.07, 6.45) is 30.0. The Labute approximate surface area is 248 Å². The minimum absolute atomic E-state index is 0.0404. The summed E-state index contributed by atoms with van der Waals surface area (Å²) in [6.45, 7) is 4.14. The molecule has 0 aliphatic heterocycles. The van der Waals surface area contributed by atoms with E-state index < -0.39 is 5.41 Å². The van der Waals surface area contributed by atoms with Gasteiger partial charge in [-0.05, 0) is 51.4 Å². The van der Waals surface area contributed by atoms with Crippen LogP contribution in [0.15, 0.2) is 24.3 Å². The van der Waals surface area contributed by atoms with Crippen molar-refractivity contribution in [3.8, 4) is 0 Å². The Balaban J connectivity index is 4.03. The normalized spacial score (nSPS) is 12.0. The van der Waals surface area contributed by atoms with Crippen molar-refractivity contribution in [1.29, 1.82) is 0 Å². The lowest BCUT2D eigenvalue weighted by molar-refractivity contribution is -0.158. The third-order valence-electron chi connectivity index (χ3n) is 7.09. The Morgan fingerprint density at radius 2 is 0.975 bits per heavy atom. The Hall–Kier alpha value is -1.23. The number of aliphatic hydroxyl groups excluding tert-OH is 1. The van der Waals surface area contributed by atoms with Gasteiger partial charge in [-0.3, -0.25) is 9.59 Å². The molecule has 1 atom stereocenters. The molecule has 6 nitrogen and oxygen atoms in total. The smallest absolute Gasteiger partial charge is 0.305 e. The van der Waals surface area contributed by atoms with Crippen LogP contribution in [-0.4, -0.2) is 43.5 Å². The lowest BCUT2D eigenvalue weighted by atomic mass is 9.92. The van der Waals surface area contributed by atoms with Crippen molar-refractivity contribution < 1.29 is 28.7 Å². The molecule has 0 fully saturated rings. The number of aliphatic hydroxyl groups is 1. The van der Waals surface area contributed by atoms with Crippen molar-refractivity contribution in [2.45, 2.75) is 142 Å². The summed E-state index contributed by atoms with van der Waals surface area (Å²) < 4.78 is 16.1. The SMILES string of the molecule is CCCC/C=C\CCCCCCCC(=O)OCC(CO)(COP)COC(=O)CCCCCCC/C=C\CCCC. The van der Waals surface area contributed by atoms with E-state index in [2.05, 4.69) is 47.6 Å². The highest BCUT2D eigenvalue weighted by Gasteiger charge is 2.33. The van der Waals surface area contributed by atoms with Gasteiger partial charge in [-0.15, -0.1) is 0 Å².